The lowest BCUT2D eigenvalue weighted by atomic mass is 9.89. The maximum Gasteiger partial charge on any atom is 0.345 e. The van der Waals surface area contributed by atoms with Crippen molar-refractivity contribution >= 4 is 17.3 Å². The van der Waals surface area contributed by atoms with Crippen LogP contribution in [0.4, 0.5) is 0 Å². The summed E-state index contributed by atoms with van der Waals surface area (Å²) in [5.41, 5.74) is 4.49. The Morgan fingerprint density at radius 2 is 1.61 bits per heavy atom. The number of carbonyl (C=O) groups is 1. The number of carboxylic acid groups (broad SMARTS) is 1. The fourth-order valence-corrected chi connectivity index (χ4v) is 6.04. The van der Waals surface area contributed by atoms with Gasteiger partial charge in [0.2, 0.25) is 0 Å². The van der Waals surface area contributed by atoms with Gasteiger partial charge in [-0.2, -0.15) is 0 Å². The van der Waals surface area contributed by atoms with E-state index in [0.717, 1.165) is 25.2 Å². The molecule has 2 nitrogen and oxygen atoms in total. The number of allylic oxidation sites excluding steroid dienone is 2. The second kappa shape index (κ2) is 17.6. The van der Waals surface area contributed by atoms with Crippen LogP contribution in [0.25, 0.3) is 0 Å². The lowest BCUT2D eigenvalue weighted by Gasteiger charge is -2.17. The molecule has 1 unspecified atom stereocenters. The molecular formula is C33H50O2S. The zero-order valence-electron chi connectivity index (χ0n) is 23.4. The third-order valence-electron chi connectivity index (χ3n) is 7.52. The second-order valence-corrected chi connectivity index (χ2v) is 11.9. The number of thiophene rings is 1. The Balaban J connectivity index is 1.77. The van der Waals surface area contributed by atoms with Crippen LogP contribution >= 0.6 is 11.3 Å². The minimum atomic E-state index is -0.807. The number of benzene rings is 1. The van der Waals surface area contributed by atoms with Gasteiger partial charge in [-0.25, -0.2) is 4.79 Å². The predicted molar refractivity (Wildman–Crippen MR) is 158 cm³/mol. The summed E-state index contributed by atoms with van der Waals surface area (Å²) in [6.45, 7) is 9.13. The summed E-state index contributed by atoms with van der Waals surface area (Å²) in [5, 5.41) is 9.16. The summed E-state index contributed by atoms with van der Waals surface area (Å²) in [6, 6.07) is 13.2. The van der Waals surface area contributed by atoms with E-state index in [9.17, 15) is 4.79 Å². The van der Waals surface area contributed by atoms with Gasteiger partial charge < -0.3 is 5.11 Å². The van der Waals surface area contributed by atoms with Gasteiger partial charge in [0.1, 0.15) is 4.88 Å². The monoisotopic (exact) mass is 510 g/mol. The third-order valence-corrected chi connectivity index (χ3v) is 8.66. The van der Waals surface area contributed by atoms with Gasteiger partial charge in [0, 0.05) is 4.88 Å². The van der Waals surface area contributed by atoms with E-state index < -0.39 is 5.97 Å². The van der Waals surface area contributed by atoms with Crippen molar-refractivity contribution in [2.45, 2.75) is 124 Å². The van der Waals surface area contributed by atoms with E-state index in [4.69, 9.17) is 5.11 Å². The number of carboxylic acids is 1. The van der Waals surface area contributed by atoms with Crippen molar-refractivity contribution in [3.05, 3.63) is 68.9 Å². The molecule has 0 aliphatic heterocycles. The Hall–Kier alpha value is -1.87. The van der Waals surface area contributed by atoms with E-state index in [2.05, 4.69) is 58.0 Å². The number of hydrogen-bond acceptors (Lipinski definition) is 2. The van der Waals surface area contributed by atoms with Crippen molar-refractivity contribution in [1.29, 1.82) is 0 Å². The lowest BCUT2D eigenvalue weighted by Crippen LogP contribution is -2.03. The van der Waals surface area contributed by atoms with Gasteiger partial charge >= 0.3 is 5.97 Å². The van der Waals surface area contributed by atoms with E-state index in [1.807, 2.05) is 6.07 Å². The molecule has 200 valence electrons. The van der Waals surface area contributed by atoms with Crippen molar-refractivity contribution < 1.29 is 9.90 Å². The zero-order chi connectivity index (χ0) is 26.2. The number of rotatable bonds is 19. The maximum absolute atomic E-state index is 11.1. The van der Waals surface area contributed by atoms with Crippen LogP contribution in [0, 0.1) is 5.92 Å². The Morgan fingerprint density at radius 1 is 0.889 bits per heavy atom. The molecule has 1 N–H and O–H groups in total. The lowest BCUT2D eigenvalue weighted by molar-refractivity contribution is 0.0702. The van der Waals surface area contributed by atoms with E-state index in [1.165, 1.54) is 104 Å². The highest BCUT2D eigenvalue weighted by atomic mass is 32.1. The first-order valence-electron chi connectivity index (χ1n) is 14.5. The Kier molecular flexibility index (Phi) is 14.8. The fraction of sp³-hybridized carbons (Fsp3) is 0.606. The van der Waals surface area contributed by atoms with Gasteiger partial charge in [0.25, 0.3) is 0 Å². The smallest absolute Gasteiger partial charge is 0.345 e. The SMILES string of the molecule is CC/C=C(/C)CC[C@@H](CCCCc1ccc(C(C)CCCCC)cc1)CCCc1ccc(C(=O)O)s1. The van der Waals surface area contributed by atoms with Crippen molar-refractivity contribution in [2.75, 3.05) is 0 Å². The molecule has 1 aromatic carbocycles. The summed E-state index contributed by atoms with van der Waals surface area (Å²) >= 11 is 1.44. The molecule has 2 atom stereocenters. The standard InChI is InChI=1S/C33H50O2S/c1-5-7-8-13-27(4)30-22-20-29(21-23-30)15-10-9-14-28(19-18-26(3)12-6-2)16-11-17-31-24-25-32(36-31)33(34)35/h12,20-25,27-28H,5-11,13-19H2,1-4H3,(H,34,35)/b26-12-/t27?,28-/m0/s1. The summed E-state index contributed by atoms with van der Waals surface area (Å²) in [4.78, 5) is 12.8. The third kappa shape index (κ3) is 11.9. The first-order chi connectivity index (χ1) is 17.4. The summed E-state index contributed by atoms with van der Waals surface area (Å²) in [6.07, 6.45) is 19.7. The van der Waals surface area contributed by atoms with Crippen LogP contribution in [0.2, 0.25) is 0 Å². The molecule has 0 fully saturated rings. The molecule has 0 radical (unpaired) electrons. The van der Waals surface area contributed by atoms with Gasteiger partial charge in [-0.3, -0.25) is 0 Å². The summed E-state index contributed by atoms with van der Waals surface area (Å²) < 4.78 is 0. The van der Waals surface area contributed by atoms with Gasteiger partial charge in [-0.1, -0.05) is 95.2 Å². The van der Waals surface area contributed by atoms with Crippen LogP contribution in [-0.2, 0) is 12.8 Å². The Labute approximate surface area is 225 Å². The molecule has 0 bridgehead atoms. The zero-order valence-corrected chi connectivity index (χ0v) is 24.2. The molecule has 0 saturated carbocycles. The minimum Gasteiger partial charge on any atom is -0.477 e. The Bertz CT molecular complexity index is 893. The molecule has 0 spiro atoms. The fourth-order valence-electron chi connectivity index (χ4n) is 5.15. The second-order valence-electron chi connectivity index (χ2n) is 10.7. The normalized spacial score (nSPS) is 13.6. The van der Waals surface area contributed by atoms with E-state index in [1.54, 1.807) is 6.07 Å². The van der Waals surface area contributed by atoms with Crippen molar-refractivity contribution in [3.63, 3.8) is 0 Å². The largest absolute Gasteiger partial charge is 0.477 e. The molecule has 36 heavy (non-hydrogen) atoms. The van der Waals surface area contributed by atoms with Crippen LogP contribution in [0.5, 0.6) is 0 Å². The molecule has 0 amide bonds. The van der Waals surface area contributed by atoms with Crippen LogP contribution in [0.15, 0.2) is 48.0 Å². The molecule has 2 rings (SSSR count). The van der Waals surface area contributed by atoms with E-state index >= 15 is 0 Å². The van der Waals surface area contributed by atoms with Gasteiger partial charge in [0.05, 0.1) is 0 Å². The van der Waals surface area contributed by atoms with E-state index in [0.29, 0.717) is 10.8 Å². The average Bonchev–Trinajstić information content (AvgIpc) is 3.35. The molecule has 1 heterocycles. The van der Waals surface area contributed by atoms with Gasteiger partial charge in [-0.05, 0) is 93.4 Å². The minimum absolute atomic E-state index is 0.459. The van der Waals surface area contributed by atoms with E-state index in [-0.39, 0.29) is 0 Å². The van der Waals surface area contributed by atoms with Crippen LogP contribution in [0.3, 0.4) is 0 Å². The summed E-state index contributed by atoms with van der Waals surface area (Å²) in [5.74, 6) is 0.621. The van der Waals surface area contributed by atoms with Crippen molar-refractivity contribution in [2.24, 2.45) is 5.92 Å². The first-order valence-corrected chi connectivity index (χ1v) is 15.3. The number of aryl methyl sites for hydroxylation is 2. The molecule has 2 aromatic rings. The molecule has 0 aliphatic carbocycles. The summed E-state index contributed by atoms with van der Waals surface area (Å²) in [7, 11) is 0. The Morgan fingerprint density at radius 3 is 2.28 bits per heavy atom. The first kappa shape index (κ1) is 30.4. The van der Waals surface area contributed by atoms with Crippen molar-refractivity contribution in [1.82, 2.24) is 0 Å². The molecule has 1 aromatic heterocycles. The molecule has 0 aliphatic rings. The number of hydrogen-bond donors (Lipinski definition) is 1. The average molecular weight is 511 g/mol. The number of unbranched alkanes of at least 4 members (excludes halogenated alkanes) is 3. The highest BCUT2D eigenvalue weighted by molar-refractivity contribution is 7.13. The molecule has 3 heteroatoms. The quantitative estimate of drug-likeness (QED) is 0.151. The number of aromatic carboxylic acids is 1. The van der Waals surface area contributed by atoms with Gasteiger partial charge in [0.15, 0.2) is 0 Å². The van der Waals surface area contributed by atoms with Crippen molar-refractivity contribution in [3.8, 4) is 0 Å². The van der Waals surface area contributed by atoms with Crippen LogP contribution in [-0.4, -0.2) is 11.1 Å². The predicted octanol–water partition coefficient (Wildman–Crippen LogP) is 10.6. The van der Waals surface area contributed by atoms with Crippen LogP contribution < -0.4 is 0 Å². The highest BCUT2D eigenvalue weighted by Gasteiger charge is 2.12. The topological polar surface area (TPSA) is 37.3 Å². The van der Waals surface area contributed by atoms with Crippen LogP contribution in [0.1, 0.15) is 136 Å². The maximum atomic E-state index is 11.1. The van der Waals surface area contributed by atoms with Gasteiger partial charge in [-0.15, -0.1) is 11.3 Å². The molecular weight excluding hydrogens is 460 g/mol. The highest BCUT2D eigenvalue weighted by Crippen LogP contribution is 2.27. The molecule has 0 saturated heterocycles.